The molecule has 3 heteroatoms. The van der Waals surface area contributed by atoms with Crippen molar-refractivity contribution in [3.63, 3.8) is 0 Å². The minimum atomic E-state index is -0.538. The van der Waals surface area contributed by atoms with Crippen LogP contribution in [0.1, 0.15) is 11.1 Å². The normalized spacial score (nSPS) is 10.2. The molecular weight excluding hydrogens is 169 g/mol. The maximum Gasteiger partial charge on any atom is 0.154 e. The van der Waals surface area contributed by atoms with Gasteiger partial charge in [-0.3, -0.25) is 0 Å². The van der Waals surface area contributed by atoms with Gasteiger partial charge in [0.25, 0.3) is 0 Å². The lowest BCUT2D eigenvalue weighted by molar-refractivity contribution is 0.594. The molecule has 0 aliphatic heterocycles. The van der Waals surface area contributed by atoms with Gasteiger partial charge in [0.1, 0.15) is 17.4 Å². The van der Waals surface area contributed by atoms with Crippen LogP contribution in [0.3, 0.4) is 0 Å². The summed E-state index contributed by atoms with van der Waals surface area (Å²) in [6.07, 6.45) is 1.52. The summed E-state index contributed by atoms with van der Waals surface area (Å²) in [6, 6.07) is 4.68. The van der Waals surface area contributed by atoms with E-state index in [9.17, 15) is 4.39 Å². The number of rotatable bonds is 0. The highest BCUT2D eigenvalue weighted by Gasteiger charge is 2.11. The Morgan fingerprint density at radius 3 is 2.92 bits per heavy atom. The molecular formula is C10H6FNO. The molecule has 0 fully saturated rings. The molecule has 1 heterocycles. The summed E-state index contributed by atoms with van der Waals surface area (Å²) in [6.45, 7) is 1.85. The van der Waals surface area contributed by atoms with Gasteiger partial charge in [0, 0.05) is 5.39 Å². The van der Waals surface area contributed by atoms with Crippen LogP contribution in [-0.2, 0) is 0 Å². The molecule has 64 valence electrons. The number of nitriles is 1. The number of aryl methyl sites for hydroxylation is 1. The highest BCUT2D eigenvalue weighted by atomic mass is 19.1. The summed E-state index contributed by atoms with van der Waals surface area (Å²) in [5, 5.41) is 9.47. The van der Waals surface area contributed by atoms with Crippen molar-refractivity contribution in [2.24, 2.45) is 0 Å². The maximum absolute atomic E-state index is 13.0. The third-order valence-corrected chi connectivity index (χ3v) is 2.00. The standard InChI is InChI=1S/C10H6FNO/c1-6-5-13-10-7(6)2-3-9(11)8(10)4-12/h2-3,5H,1H3. The first-order chi connectivity index (χ1) is 6.24. The molecule has 1 aromatic carbocycles. The fourth-order valence-electron chi connectivity index (χ4n) is 1.31. The van der Waals surface area contributed by atoms with Crippen molar-refractivity contribution in [2.75, 3.05) is 0 Å². The minimum Gasteiger partial charge on any atom is -0.463 e. The molecule has 0 aliphatic carbocycles. The largest absolute Gasteiger partial charge is 0.463 e. The lowest BCUT2D eigenvalue weighted by Crippen LogP contribution is -1.83. The Kier molecular flexibility index (Phi) is 1.56. The van der Waals surface area contributed by atoms with Gasteiger partial charge >= 0.3 is 0 Å². The van der Waals surface area contributed by atoms with E-state index in [4.69, 9.17) is 9.68 Å². The van der Waals surface area contributed by atoms with Gasteiger partial charge in [0.05, 0.1) is 6.26 Å². The van der Waals surface area contributed by atoms with E-state index < -0.39 is 5.82 Å². The van der Waals surface area contributed by atoms with Crippen LogP contribution in [0.15, 0.2) is 22.8 Å². The number of halogens is 1. The van der Waals surface area contributed by atoms with E-state index in [0.29, 0.717) is 5.58 Å². The van der Waals surface area contributed by atoms with Crippen molar-refractivity contribution in [1.29, 1.82) is 5.26 Å². The second kappa shape index (κ2) is 2.60. The van der Waals surface area contributed by atoms with Crippen molar-refractivity contribution in [1.82, 2.24) is 0 Å². The first-order valence-electron chi connectivity index (χ1n) is 3.80. The molecule has 1 aromatic heterocycles. The van der Waals surface area contributed by atoms with Gasteiger partial charge < -0.3 is 4.42 Å². The Hall–Kier alpha value is -1.82. The molecule has 0 N–H and O–H groups in total. The van der Waals surface area contributed by atoms with Gasteiger partial charge in [-0.15, -0.1) is 0 Å². The van der Waals surface area contributed by atoms with Crippen LogP contribution in [0, 0.1) is 24.1 Å². The van der Waals surface area contributed by atoms with Gasteiger partial charge in [-0.2, -0.15) is 5.26 Å². The van der Waals surface area contributed by atoms with E-state index in [1.54, 1.807) is 12.1 Å². The Morgan fingerprint density at radius 2 is 2.23 bits per heavy atom. The fourth-order valence-corrected chi connectivity index (χ4v) is 1.31. The predicted molar refractivity (Wildman–Crippen MR) is 45.6 cm³/mol. The molecule has 2 aromatic rings. The number of furan rings is 1. The van der Waals surface area contributed by atoms with E-state index in [-0.39, 0.29) is 5.56 Å². The van der Waals surface area contributed by atoms with Crippen LogP contribution in [0.4, 0.5) is 4.39 Å². The summed E-state index contributed by atoms with van der Waals surface area (Å²) in [7, 11) is 0. The first-order valence-corrected chi connectivity index (χ1v) is 3.80. The molecule has 0 spiro atoms. The first kappa shape index (κ1) is 7.81. The summed E-state index contributed by atoms with van der Waals surface area (Å²) in [5.74, 6) is -0.538. The van der Waals surface area contributed by atoms with E-state index in [2.05, 4.69) is 0 Å². The molecule has 0 amide bonds. The number of hydrogen-bond acceptors (Lipinski definition) is 2. The Labute approximate surface area is 74.2 Å². The molecule has 0 aliphatic rings. The highest BCUT2D eigenvalue weighted by molar-refractivity contribution is 5.85. The van der Waals surface area contributed by atoms with E-state index in [1.165, 1.54) is 12.3 Å². The van der Waals surface area contributed by atoms with E-state index in [1.807, 2.05) is 6.92 Å². The average molecular weight is 175 g/mol. The smallest absolute Gasteiger partial charge is 0.154 e. The van der Waals surface area contributed by atoms with Crippen LogP contribution in [0.2, 0.25) is 0 Å². The zero-order chi connectivity index (χ0) is 9.42. The summed E-state index contributed by atoms with van der Waals surface area (Å²) < 4.78 is 18.1. The second-order valence-corrected chi connectivity index (χ2v) is 2.83. The second-order valence-electron chi connectivity index (χ2n) is 2.83. The van der Waals surface area contributed by atoms with Gasteiger partial charge in [-0.1, -0.05) is 0 Å². The van der Waals surface area contributed by atoms with Crippen LogP contribution < -0.4 is 0 Å². The maximum atomic E-state index is 13.0. The molecule has 13 heavy (non-hydrogen) atoms. The van der Waals surface area contributed by atoms with Crippen molar-refractivity contribution < 1.29 is 8.81 Å². The fraction of sp³-hybridized carbons (Fsp3) is 0.100. The molecule has 2 nitrogen and oxygen atoms in total. The molecule has 0 unspecified atom stereocenters. The number of benzene rings is 1. The summed E-state index contributed by atoms with van der Waals surface area (Å²) in [4.78, 5) is 0. The lowest BCUT2D eigenvalue weighted by Gasteiger charge is -1.93. The zero-order valence-electron chi connectivity index (χ0n) is 6.97. The summed E-state index contributed by atoms with van der Waals surface area (Å²) >= 11 is 0. The van der Waals surface area contributed by atoms with Gasteiger partial charge in [0.2, 0.25) is 0 Å². The van der Waals surface area contributed by atoms with Crippen LogP contribution >= 0.6 is 0 Å². The van der Waals surface area contributed by atoms with Crippen molar-refractivity contribution in [3.8, 4) is 6.07 Å². The molecule has 0 atom stereocenters. The van der Waals surface area contributed by atoms with Gasteiger partial charge in [-0.05, 0) is 24.6 Å². The number of fused-ring (bicyclic) bond motifs is 1. The zero-order valence-corrected chi connectivity index (χ0v) is 6.97. The third kappa shape index (κ3) is 0.994. The van der Waals surface area contributed by atoms with E-state index >= 15 is 0 Å². The van der Waals surface area contributed by atoms with Gasteiger partial charge in [0.15, 0.2) is 5.58 Å². The molecule has 0 saturated heterocycles. The summed E-state index contributed by atoms with van der Waals surface area (Å²) in [5.41, 5.74) is 1.22. The average Bonchev–Trinajstić information content (AvgIpc) is 2.48. The minimum absolute atomic E-state index is 0.0226. The van der Waals surface area contributed by atoms with Crippen molar-refractivity contribution >= 4 is 11.0 Å². The monoisotopic (exact) mass is 175 g/mol. The topological polar surface area (TPSA) is 36.9 Å². The highest BCUT2D eigenvalue weighted by Crippen LogP contribution is 2.25. The van der Waals surface area contributed by atoms with Crippen LogP contribution in [0.5, 0.6) is 0 Å². The third-order valence-electron chi connectivity index (χ3n) is 2.00. The van der Waals surface area contributed by atoms with Crippen molar-refractivity contribution in [2.45, 2.75) is 6.92 Å². The molecule has 2 rings (SSSR count). The van der Waals surface area contributed by atoms with Crippen LogP contribution in [-0.4, -0.2) is 0 Å². The van der Waals surface area contributed by atoms with Gasteiger partial charge in [-0.25, -0.2) is 4.39 Å². The Morgan fingerprint density at radius 1 is 1.46 bits per heavy atom. The Balaban J connectivity index is 2.95. The predicted octanol–water partition coefficient (Wildman–Crippen LogP) is 2.75. The number of hydrogen-bond donors (Lipinski definition) is 0. The SMILES string of the molecule is Cc1coc2c(C#N)c(F)ccc12. The number of nitrogens with zero attached hydrogens (tertiary/aromatic N) is 1. The quantitative estimate of drug-likeness (QED) is 0.617. The van der Waals surface area contributed by atoms with Crippen molar-refractivity contribution in [3.05, 3.63) is 35.3 Å². The van der Waals surface area contributed by atoms with E-state index in [0.717, 1.165) is 10.9 Å². The van der Waals surface area contributed by atoms with Crippen LogP contribution in [0.25, 0.3) is 11.0 Å². The molecule has 0 bridgehead atoms. The molecule has 0 radical (unpaired) electrons. The molecule has 0 saturated carbocycles. The lowest BCUT2D eigenvalue weighted by atomic mass is 10.1. The Bertz CT molecular complexity index is 507.